The van der Waals surface area contributed by atoms with Crippen LogP contribution in [0.1, 0.15) is 30.0 Å². The molecule has 0 saturated heterocycles. The van der Waals surface area contributed by atoms with Crippen molar-refractivity contribution in [3.8, 4) is 0 Å². The molecule has 1 aromatic carbocycles. The molecular weight excluding hydrogens is 209 g/mol. The molecule has 1 aliphatic heterocycles. The van der Waals surface area contributed by atoms with Gasteiger partial charge in [0.1, 0.15) is 11.9 Å². The number of nitrogens with one attached hydrogen (secondary N) is 1. The van der Waals surface area contributed by atoms with E-state index in [1.807, 2.05) is 6.92 Å². The number of halogens is 1. The van der Waals surface area contributed by atoms with E-state index in [4.69, 9.17) is 4.74 Å². The second kappa shape index (κ2) is 4.22. The largest absolute Gasteiger partial charge is 0.468 e. The van der Waals surface area contributed by atoms with Gasteiger partial charge in [0.25, 0.3) is 0 Å². The third kappa shape index (κ3) is 1.80. The van der Waals surface area contributed by atoms with Crippen LogP contribution in [0.15, 0.2) is 18.2 Å². The van der Waals surface area contributed by atoms with Crippen LogP contribution in [0.3, 0.4) is 0 Å². The van der Waals surface area contributed by atoms with E-state index in [0.29, 0.717) is 12.1 Å². The van der Waals surface area contributed by atoms with Crippen LogP contribution in [0.5, 0.6) is 0 Å². The van der Waals surface area contributed by atoms with Gasteiger partial charge in [-0.1, -0.05) is 13.0 Å². The van der Waals surface area contributed by atoms with Gasteiger partial charge in [-0.2, -0.15) is 0 Å². The summed E-state index contributed by atoms with van der Waals surface area (Å²) in [5.41, 5.74) is 1.70. The molecule has 3 nitrogen and oxygen atoms in total. The Labute approximate surface area is 93.6 Å². The van der Waals surface area contributed by atoms with Crippen molar-refractivity contribution in [3.63, 3.8) is 0 Å². The Morgan fingerprint density at radius 3 is 2.94 bits per heavy atom. The van der Waals surface area contributed by atoms with Crippen LogP contribution in [0.2, 0.25) is 0 Å². The Bertz CT molecular complexity index is 419. The molecule has 4 heteroatoms. The SMILES string of the molecule is COC(=O)C1NCC(C)c2ccc(F)cc21. The minimum absolute atomic E-state index is 0.275. The predicted molar refractivity (Wildman–Crippen MR) is 57.6 cm³/mol. The second-order valence-electron chi connectivity index (χ2n) is 4.04. The number of carbonyl (C=O) groups excluding carboxylic acids is 1. The Kier molecular flexibility index (Phi) is 2.92. The molecule has 2 unspecified atom stereocenters. The lowest BCUT2D eigenvalue weighted by atomic mass is 9.87. The van der Waals surface area contributed by atoms with E-state index in [-0.39, 0.29) is 17.7 Å². The van der Waals surface area contributed by atoms with E-state index in [1.165, 1.54) is 19.2 Å². The first-order valence-electron chi connectivity index (χ1n) is 5.24. The van der Waals surface area contributed by atoms with Crippen molar-refractivity contribution in [2.24, 2.45) is 0 Å². The zero-order valence-electron chi connectivity index (χ0n) is 9.29. The Morgan fingerprint density at radius 2 is 2.25 bits per heavy atom. The van der Waals surface area contributed by atoms with Crippen molar-refractivity contribution in [1.29, 1.82) is 0 Å². The molecule has 0 radical (unpaired) electrons. The number of rotatable bonds is 1. The number of benzene rings is 1. The highest BCUT2D eigenvalue weighted by molar-refractivity contribution is 5.78. The Morgan fingerprint density at radius 1 is 1.50 bits per heavy atom. The lowest BCUT2D eigenvalue weighted by molar-refractivity contribution is -0.143. The Balaban J connectivity index is 2.45. The fraction of sp³-hybridized carbons (Fsp3) is 0.417. The molecule has 1 heterocycles. The summed E-state index contributed by atoms with van der Waals surface area (Å²) in [5, 5.41) is 3.06. The summed E-state index contributed by atoms with van der Waals surface area (Å²) in [7, 11) is 1.33. The summed E-state index contributed by atoms with van der Waals surface area (Å²) in [6, 6.07) is 4.02. The number of hydrogen-bond donors (Lipinski definition) is 1. The van der Waals surface area contributed by atoms with Crippen LogP contribution in [0.25, 0.3) is 0 Å². The highest BCUT2D eigenvalue weighted by atomic mass is 19.1. The van der Waals surface area contributed by atoms with E-state index in [0.717, 1.165) is 5.56 Å². The number of carbonyl (C=O) groups is 1. The molecule has 16 heavy (non-hydrogen) atoms. The average Bonchev–Trinajstić information content (AvgIpc) is 2.28. The quantitative estimate of drug-likeness (QED) is 0.737. The van der Waals surface area contributed by atoms with Crippen molar-refractivity contribution in [1.82, 2.24) is 5.32 Å². The van der Waals surface area contributed by atoms with Gasteiger partial charge in [0.2, 0.25) is 0 Å². The summed E-state index contributed by atoms with van der Waals surface area (Å²) in [4.78, 5) is 11.5. The van der Waals surface area contributed by atoms with Crippen LogP contribution in [0, 0.1) is 5.82 Å². The van der Waals surface area contributed by atoms with Gasteiger partial charge in [0, 0.05) is 6.54 Å². The fourth-order valence-corrected chi connectivity index (χ4v) is 2.09. The topological polar surface area (TPSA) is 38.3 Å². The lowest BCUT2D eigenvalue weighted by Gasteiger charge is -2.29. The second-order valence-corrected chi connectivity index (χ2v) is 4.04. The van der Waals surface area contributed by atoms with Crippen molar-refractivity contribution in [2.75, 3.05) is 13.7 Å². The molecule has 0 aromatic heterocycles. The molecule has 1 N–H and O–H groups in total. The van der Waals surface area contributed by atoms with E-state index < -0.39 is 6.04 Å². The molecule has 0 aliphatic carbocycles. The molecular formula is C12H14FNO2. The molecule has 0 amide bonds. The van der Waals surface area contributed by atoms with Crippen LogP contribution in [-0.2, 0) is 9.53 Å². The van der Waals surface area contributed by atoms with Crippen LogP contribution >= 0.6 is 0 Å². The molecule has 86 valence electrons. The first kappa shape index (κ1) is 11.1. The van der Waals surface area contributed by atoms with Crippen molar-refractivity contribution in [2.45, 2.75) is 18.9 Å². The van der Waals surface area contributed by atoms with E-state index >= 15 is 0 Å². The van der Waals surface area contributed by atoms with Gasteiger partial charge in [-0.25, -0.2) is 9.18 Å². The maximum atomic E-state index is 13.2. The average molecular weight is 223 g/mol. The monoisotopic (exact) mass is 223 g/mol. The number of esters is 1. The number of hydrogen-bond acceptors (Lipinski definition) is 3. The molecule has 0 fully saturated rings. The third-order valence-electron chi connectivity index (χ3n) is 2.96. The first-order valence-corrected chi connectivity index (χ1v) is 5.24. The molecule has 0 spiro atoms. The highest BCUT2D eigenvalue weighted by Gasteiger charge is 2.30. The van der Waals surface area contributed by atoms with Gasteiger partial charge in [-0.15, -0.1) is 0 Å². The fourth-order valence-electron chi connectivity index (χ4n) is 2.09. The van der Waals surface area contributed by atoms with Gasteiger partial charge in [0.15, 0.2) is 0 Å². The first-order chi connectivity index (χ1) is 7.63. The van der Waals surface area contributed by atoms with E-state index in [1.54, 1.807) is 6.07 Å². The molecule has 0 saturated carbocycles. The van der Waals surface area contributed by atoms with Gasteiger partial charge >= 0.3 is 5.97 Å². The van der Waals surface area contributed by atoms with E-state index in [2.05, 4.69) is 5.32 Å². The molecule has 1 aromatic rings. The summed E-state index contributed by atoms with van der Waals surface area (Å²) in [5.74, 6) is -0.432. The number of ether oxygens (including phenoxy) is 1. The van der Waals surface area contributed by atoms with Gasteiger partial charge in [-0.05, 0) is 29.2 Å². The summed E-state index contributed by atoms with van der Waals surface area (Å²) < 4.78 is 17.9. The smallest absolute Gasteiger partial charge is 0.327 e. The summed E-state index contributed by atoms with van der Waals surface area (Å²) in [6.45, 7) is 2.73. The summed E-state index contributed by atoms with van der Waals surface area (Å²) >= 11 is 0. The highest BCUT2D eigenvalue weighted by Crippen LogP contribution is 2.30. The molecule has 1 aliphatic rings. The van der Waals surface area contributed by atoms with Gasteiger partial charge in [0.05, 0.1) is 7.11 Å². The zero-order valence-corrected chi connectivity index (χ0v) is 9.29. The standard InChI is InChI=1S/C12H14FNO2/c1-7-6-14-11(12(15)16-2)10-5-8(13)3-4-9(7)10/h3-5,7,11,14H,6H2,1-2H3. The van der Waals surface area contributed by atoms with Crippen LogP contribution in [0.4, 0.5) is 4.39 Å². The predicted octanol–water partition coefficient (Wildman–Crippen LogP) is 1.75. The van der Waals surface area contributed by atoms with Crippen LogP contribution < -0.4 is 5.32 Å². The van der Waals surface area contributed by atoms with Gasteiger partial charge < -0.3 is 10.1 Å². The van der Waals surface area contributed by atoms with Crippen molar-refractivity contribution in [3.05, 3.63) is 35.1 Å². The molecule has 2 rings (SSSR count). The maximum Gasteiger partial charge on any atom is 0.327 e. The number of methoxy groups -OCH3 is 1. The number of fused-ring (bicyclic) bond motifs is 1. The van der Waals surface area contributed by atoms with Gasteiger partial charge in [-0.3, -0.25) is 0 Å². The summed E-state index contributed by atoms with van der Waals surface area (Å²) in [6.07, 6.45) is 0. The van der Waals surface area contributed by atoms with Crippen molar-refractivity contribution < 1.29 is 13.9 Å². The minimum Gasteiger partial charge on any atom is -0.468 e. The van der Waals surface area contributed by atoms with E-state index in [9.17, 15) is 9.18 Å². The Hall–Kier alpha value is -1.42. The normalized spacial score (nSPS) is 23.7. The molecule has 2 atom stereocenters. The molecule has 0 bridgehead atoms. The maximum absolute atomic E-state index is 13.2. The third-order valence-corrected chi connectivity index (χ3v) is 2.96. The van der Waals surface area contributed by atoms with Crippen LogP contribution in [-0.4, -0.2) is 19.6 Å². The zero-order chi connectivity index (χ0) is 11.7. The lowest BCUT2D eigenvalue weighted by Crippen LogP contribution is -2.37. The van der Waals surface area contributed by atoms with Crippen molar-refractivity contribution >= 4 is 5.97 Å². The minimum atomic E-state index is -0.549.